The first-order chi connectivity index (χ1) is 19.0. The van der Waals surface area contributed by atoms with E-state index in [1.54, 1.807) is 24.3 Å². The first-order valence-corrected chi connectivity index (χ1v) is 15.0. The van der Waals surface area contributed by atoms with Crippen LogP contribution in [0.25, 0.3) is 21.3 Å². The van der Waals surface area contributed by atoms with Gasteiger partial charge in [0.1, 0.15) is 17.4 Å². The van der Waals surface area contributed by atoms with Crippen LogP contribution in [0.3, 0.4) is 0 Å². The number of likely N-dealkylation sites (N-methyl/N-ethyl adjacent to an activating group) is 1. The maximum atomic E-state index is 15.2. The van der Waals surface area contributed by atoms with Crippen LogP contribution in [0.2, 0.25) is 0 Å². The first-order valence-electron chi connectivity index (χ1n) is 12.5. The molecule has 0 saturated heterocycles. The van der Waals surface area contributed by atoms with Crippen LogP contribution in [0.4, 0.5) is 10.1 Å². The highest BCUT2D eigenvalue weighted by Crippen LogP contribution is 2.36. The van der Waals surface area contributed by atoms with Crippen molar-refractivity contribution in [3.05, 3.63) is 47.2 Å². The number of fused-ring (bicyclic) bond motifs is 1. The number of aromatic nitrogens is 1. The maximum Gasteiger partial charge on any atom is 0.252 e. The minimum Gasteiger partial charge on any atom is -0.396 e. The molecule has 4 rings (SSSR count). The highest BCUT2D eigenvalue weighted by Gasteiger charge is 2.37. The highest BCUT2D eigenvalue weighted by atomic mass is 32.2. The Balaban J connectivity index is 1.67. The number of hydrogen-bond acceptors (Lipinski definition) is 9. The van der Waals surface area contributed by atoms with Crippen LogP contribution in [0.1, 0.15) is 29.5 Å². The van der Waals surface area contributed by atoms with Gasteiger partial charge in [-0.05, 0) is 43.0 Å². The van der Waals surface area contributed by atoms with Crippen molar-refractivity contribution in [3.8, 4) is 11.1 Å². The number of sulfone groups is 1. The number of aliphatic hydroxyl groups is 2. The molecule has 4 N–H and O–H groups in total. The summed E-state index contributed by atoms with van der Waals surface area (Å²) in [5.41, 5.74) is 1.16. The van der Waals surface area contributed by atoms with Gasteiger partial charge in [0.25, 0.3) is 5.91 Å². The molecule has 40 heavy (non-hydrogen) atoms. The van der Waals surface area contributed by atoms with E-state index in [0.29, 0.717) is 16.0 Å². The zero-order valence-corrected chi connectivity index (χ0v) is 23.2. The van der Waals surface area contributed by atoms with Crippen molar-refractivity contribution in [2.45, 2.75) is 30.6 Å². The molecule has 1 saturated carbocycles. The first kappa shape index (κ1) is 29.5. The molecule has 1 unspecified atom stereocenters. The van der Waals surface area contributed by atoms with Gasteiger partial charge in [0.05, 0.1) is 22.5 Å². The molecule has 3 amide bonds. The Morgan fingerprint density at radius 1 is 1.20 bits per heavy atom. The molecule has 14 heteroatoms. The molecule has 2 aromatic carbocycles. The van der Waals surface area contributed by atoms with Gasteiger partial charge in [-0.2, -0.15) is 0 Å². The average molecular weight is 593 g/mol. The largest absolute Gasteiger partial charge is 0.396 e. The summed E-state index contributed by atoms with van der Waals surface area (Å²) in [6, 6.07) is 9.15. The second-order valence-electron chi connectivity index (χ2n) is 9.40. The molecule has 1 fully saturated rings. The standard InChI is InChI=1S/C26H29FN4O7S2/c1-31(23(35)14-33)17-5-2-4-15(10-17)18-11-21-20(12-19(18)27)30-26(39-21)24(40(37,38)9-3-8-32)25(36)28-13-22(34)29-16-6-7-16/h2,4-5,10-12,16,24,32-33H,3,6-9,13-14H2,1H3,(H,28,36)(H,29,34). The van der Waals surface area contributed by atoms with Crippen LogP contribution in [-0.4, -0.2) is 79.9 Å². The molecule has 0 spiro atoms. The van der Waals surface area contributed by atoms with E-state index in [4.69, 9.17) is 10.2 Å². The zero-order chi connectivity index (χ0) is 29.0. The van der Waals surface area contributed by atoms with Gasteiger partial charge in [0.2, 0.25) is 11.8 Å². The number of aliphatic hydroxyl groups excluding tert-OH is 2. The van der Waals surface area contributed by atoms with Crippen molar-refractivity contribution in [2.75, 3.05) is 37.5 Å². The van der Waals surface area contributed by atoms with Gasteiger partial charge >= 0.3 is 0 Å². The topological polar surface area (TPSA) is 166 Å². The Morgan fingerprint density at radius 3 is 2.62 bits per heavy atom. The fourth-order valence-corrected chi connectivity index (χ4v) is 7.10. The smallest absolute Gasteiger partial charge is 0.252 e. The molecule has 214 valence electrons. The van der Waals surface area contributed by atoms with Gasteiger partial charge in [-0.3, -0.25) is 14.4 Å². The molecule has 3 aromatic rings. The molecule has 0 aliphatic heterocycles. The molecule has 1 aliphatic rings. The second kappa shape index (κ2) is 12.4. The SMILES string of the molecule is CN(C(=O)CO)c1cccc(-c2cc3sc(C(C(=O)NCC(=O)NC4CC4)S(=O)(=O)CCCO)nc3cc2F)c1. The molecular weight excluding hydrogens is 563 g/mol. The second-order valence-corrected chi connectivity index (χ2v) is 12.7. The fraction of sp³-hybridized carbons (Fsp3) is 0.385. The van der Waals surface area contributed by atoms with E-state index < -0.39 is 64.1 Å². The van der Waals surface area contributed by atoms with Crippen LogP contribution in [0, 0.1) is 5.82 Å². The number of halogens is 1. The fourth-order valence-electron chi connectivity index (χ4n) is 4.01. The van der Waals surface area contributed by atoms with E-state index in [2.05, 4.69) is 15.6 Å². The van der Waals surface area contributed by atoms with Crippen molar-refractivity contribution in [1.82, 2.24) is 15.6 Å². The molecular formula is C26H29FN4O7S2. The lowest BCUT2D eigenvalue weighted by Gasteiger charge is -2.17. The lowest BCUT2D eigenvalue weighted by atomic mass is 10.0. The number of anilines is 1. The summed E-state index contributed by atoms with van der Waals surface area (Å²) in [7, 11) is -2.67. The Morgan fingerprint density at radius 2 is 1.95 bits per heavy atom. The van der Waals surface area contributed by atoms with E-state index in [9.17, 15) is 22.8 Å². The number of carbonyl (C=O) groups is 3. The molecule has 1 aromatic heterocycles. The van der Waals surface area contributed by atoms with Crippen molar-refractivity contribution in [2.24, 2.45) is 0 Å². The van der Waals surface area contributed by atoms with Crippen molar-refractivity contribution in [1.29, 1.82) is 0 Å². The van der Waals surface area contributed by atoms with Crippen LogP contribution in [0.15, 0.2) is 36.4 Å². The predicted octanol–water partition coefficient (Wildman–Crippen LogP) is 1.29. The normalized spacial score (nSPS) is 14.1. The number of nitrogens with zero attached hydrogens (tertiary/aromatic N) is 2. The van der Waals surface area contributed by atoms with Gasteiger partial charge in [0.15, 0.2) is 15.1 Å². The van der Waals surface area contributed by atoms with E-state index in [-0.39, 0.29) is 28.6 Å². The quantitative estimate of drug-likeness (QED) is 0.244. The zero-order valence-electron chi connectivity index (χ0n) is 21.6. The van der Waals surface area contributed by atoms with Gasteiger partial charge in [-0.25, -0.2) is 17.8 Å². The third-order valence-electron chi connectivity index (χ3n) is 6.32. The molecule has 11 nitrogen and oxygen atoms in total. The molecule has 1 aliphatic carbocycles. The summed E-state index contributed by atoms with van der Waals surface area (Å²) in [6.45, 7) is -1.50. The molecule has 1 heterocycles. The van der Waals surface area contributed by atoms with Gasteiger partial charge in [0, 0.05) is 37.0 Å². The predicted molar refractivity (Wildman–Crippen MR) is 148 cm³/mol. The molecule has 0 bridgehead atoms. The number of carbonyl (C=O) groups excluding carboxylic acids is 3. The summed E-state index contributed by atoms with van der Waals surface area (Å²) < 4.78 is 41.9. The van der Waals surface area contributed by atoms with Crippen LogP contribution in [0.5, 0.6) is 0 Å². The number of rotatable bonds is 12. The summed E-state index contributed by atoms with van der Waals surface area (Å²) in [5.74, 6) is -3.06. The summed E-state index contributed by atoms with van der Waals surface area (Å²) in [6.07, 6.45) is 1.61. The Hall–Kier alpha value is -3.46. The Labute approximate surface area is 233 Å². The molecule has 0 radical (unpaired) electrons. The number of thiazole rings is 1. The van der Waals surface area contributed by atoms with Crippen LogP contribution < -0.4 is 15.5 Å². The minimum atomic E-state index is -4.15. The van der Waals surface area contributed by atoms with E-state index in [0.717, 1.165) is 30.2 Å². The highest BCUT2D eigenvalue weighted by molar-refractivity contribution is 7.92. The van der Waals surface area contributed by atoms with Crippen LogP contribution >= 0.6 is 11.3 Å². The Kier molecular flexibility index (Phi) is 9.13. The van der Waals surface area contributed by atoms with Gasteiger partial charge in [-0.1, -0.05) is 12.1 Å². The van der Waals surface area contributed by atoms with Crippen molar-refractivity contribution >= 4 is 54.8 Å². The lowest BCUT2D eigenvalue weighted by molar-refractivity contribution is -0.126. The summed E-state index contributed by atoms with van der Waals surface area (Å²) in [4.78, 5) is 42.5. The average Bonchev–Trinajstić information content (AvgIpc) is 3.66. The minimum absolute atomic E-state index is 0.0677. The number of amides is 3. The monoisotopic (exact) mass is 592 g/mol. The summed E-state index contributed by atoms with van der Waals surface area (Å²) in [5, 5.41) is 21.5. The van der Waals surface area contributed by atoms with Gasteiger partial charge < -0.3 is 25.7 Å². The van der Waals surface area contributed by atoms with Crippen molar-refractivity contribution < 1.29 is 37.4 Å². The lowest BCUT2D eigenvalue weighted by Crippen LogP contribution is -2.41. The third-order valence-corrected chi connectivity index (χ3v) is 9.57. The maximum absolute atomic E-state index is 15.2. The van der Waals surface area contributed by atoms with E-state index in [1.807, 2.05) is 0 Å². The summed E-state index contributed by atoms with van der Waals surface area (Å²) >= 11 is 0.907. The van der Waals surface area contributed by atoms with E-state index in [1.165, 1.54) is 18.0 Å². The van der Waals surface area contributed by atoms with Crippen molar-refractivity contribution in [3.63, 3.8) is 0 Å². The Bertz CT molecular complexity index is 1540. The van der Waals surface area contributed by atoms with Gasteiger partial charge in [-0.15, -0.1) is 11.3 Å². The number of nitrogens with one attached hydrogen (secondary N) is 2. The number of benzene rings is 2. The van der Waals surface area contributed by atoms with Crippen LogP contribution in [-0.2, 0) is 24.2 Å². The van der Waals surface area contributed by atoms with E-state index >= 15 is 4.39 Å². The molecule has 1 atom stereocenters. The number of hydrogen-bond donors (Lipinski definition) is 4. The third kappa shape index (κ3) is 6.81.